The van der Waals surface area contributed by atoms with Gasteiger partial charge in [-0.25, -0.2) is 4.98 Å². The zero-order chi connectivity index (χ0) is 27.4. The second-order valence-corrected chi connectivity index (χ2v) is 9.14. The first-order valence-corrected chi connectivity index (χ1v) is 12.9. The molecule has 0 aliphatic heterocycles. The maximum atomic E-state index is 13.0. The van der Waals surface area contributed by atoms with Crippen molar-refractivity contribution in [2.24, 2.45) is 11.8 Å². The molecule has 8 heteroatoms. The number of pyridine rings is 1. The molecule has 0 saturated carbocycles. The SMILES string of the molecule is CCCC[C@@H]([C@H](C)OC(=O)[C@H](C)CC(=O)c1nccc(OC)c1OC(C)=O)[C@@H](CC)Oc1ccccc1. The number of carbonyl (C=O) groups excluding carboxylic acids is 3. The van der Waals surface area contributed by atoms with E-state index in [1.165, 1.54) is 26.3 Å². The lowest BCUT2D eigenvalue weighted by Crippen LogP contribution is -2.37. The molecule has 1 heterocycles. The zero-order valence-electron chi connectivity index (χ0n) is 22.7. The molecule has 2 rings (SSSR count). The van der Waals surface area contributed by atoms with Crippen LogP contribution in [0.5, 0.6) is 17.2 Å². The lowest BCUT2D eigenvalue weighted by Gasteiger charge is -2.32. The Hall–Kier alpha value is -3.42. The summed E-state index contributed by atoms with van der Waals surface area (Å²) < 4.78 is 22.5. The number of methoxy groups -OCH3 is 1. The molecule has 0 amide bonds. The van der Waals surface area contributed by atoms with Crippen LogP contribution in [0.25, 0.3) is 0 Å². The number of rotatable bonds is 15. The minimum Gasteiger partial charge on any atom is -0.493 e. The third kappa shape index (κ3) is 8.88. The number of Topliss-reactive ketones (excluding diaryl/α,β-unsaturated/α-hetero) is 1. The Morgan fingerprint density at radius 1 is 1.03 bits per heavy atom. The Bertz CT molecular complexity index is 1020. The second-order valence-electron chi connectivity index (χ2n) is 9.14. The number of aromatic nitrogens is 1. The quantitative estimate of drug-likeness (QED) is 0.217. The fourth-order valence-corrected chi connectivity index (χ4v) is 4.19. The van der Waals surface area contributed by atoms with Crippen molar-refractivity contribution in [2.75, 3.05) is 7.11 Å². The average Bonchev–Trinajstić information content (AvgIpc) is 2.88. The van der Waals surface area contributed by atoms with Gasteiger partial charge in [0.1, 0.15) is 18.0 Å². The van der Waals surface area contributed by atoms with Crippen LogP contribution in [0.2, 0.25) is 0 Å². The number of ketones is 1. The van der Waals surface area contributed by atoms with E-state index in [1.807, 2.05) is 37.3 Å². The molecule has 1 aromatic heterocycles. The van der Waals surface area contributed by atoms with Gasteiger partial charge >= 0.3 is 11.9 Å². The van der Waals surface area contributed by atoms with Crippen molar-refractivity contribution in [3.05, 3.63) is 48.3 Å². The van der Waals surface area contributed by atoms with Gasteiger partial charge in [0.15, 0.2) is 17.2 Å². The predicted octanol–water partition coefficient (Wildman–Crippen LogP) is 5.82. The highest BCUT2D eigenvalue weighted by molar-refractivity contribution is 5.99. The van der Waals surface area contributed by atoms with Crippen LogP contribution in [-0.4, -0.2) is 42.0 Å². The molecule has 0 fully saturated rings. The van der Waals surface area contributed by atoms with Crippen LogP contribution in [0.15, 0.2) is 42.6 Å². The summed E-state index contributed by atoms with van der Waals surface area (Å²) in [6, 6.07) is 11.1. The number of unbranched alkanes of at least 4 members (excludes halogenated alkanes) is 1. The minimum atomic E-state index is -0.727. The maximum absolute atomic E-state index is 13.0. The van der Waals surface area contributed by atoms with Gasteiger partial charge in [-0.2, -0.15) is 0 Å². The molecule has 0 unspecified atom stereocenters. The smallest absolute Gasteiger partial charge is 0.309 e. The lowest BCUT2D eigenvalue weighted by atomic mass is 9.89. The van der Waals surface area contributed by atoms with Gasteiger partial charge in [-0.15, -0.1) is 0 Å². The zero-order valence-corrected chi connectivity index (χ0v) is 22.7. The van der Waals surface area contributed by atoms with Crippen molar-refractivity contribution in [3.8, 4) is 17.2 Å². The Morgan fingerprint density at radius 2 is 1.73 bits per heavy atom. The van der Waals surface area contributed by atoms with E-state index < -0.39 is 29.7 Å². The lowest BCUT2D eigenvalue weighted by molar-refractivity contribution is -0.157. The molecule has 1 aromatic carbocycles. The van der Waals surface area contributed by atoms with E-state index in [9.17, 15) is 14.4 Å². The Labute approximate surface area is 219 Å². The topological polar surface area (TPSA) is 101 Å². The Morgan fingerprint density at radius 3 is 2.32 bits per heavy atom. The van der Waals surface area contributed by atoms with Crippen molar-refractivity contribution < 1.29 is 33.3 Å². The van der Waals surface area contributed by atoms with Gasteiger partial charge in [0, 0.05) is 31.5 Å². The van der Waals surface area contributed by atoms with Crippen molar-refractivity contribution >= 4 is 17.7 Å². The normalized spacial score (nSPS) is 14.1. The molecular weight excluding hydrogens is 474 g/mol. The Balaban J connectivity index is 2.11. The molecule has 0 spiro atoms. The van der Waals surface area contributed by atoms with E-state index in [0.717, 1.165) is 31.4 Å². The van der Waals surface area contributed by atoms with Gasteiger partial charge in [-0.1, -0.05) is 51.8 Å². The first-order chi connectivity index (χ1) is 17.7. The van der Waals surface area contributed by atoms with Crippen LogP contribution < -0.4 is 14.2 Å². The molecule has 0 aliphatic carbocycles. The number of hydrogen-bond donors (Lipinski definition) is 0. The number of nitrogens with zero attached hydrogens (tertiary/aromatic N) is 1. The number of hydrogen-bond acceptors (Lipinski definition) is 8. The number of esters is 2. The summed E-state index contributed by atoms with van der Waals surface area (Å²) in [5.41, 5.74) is -0.0645. The van der Waals surface area contributed by atoms with Gasteiger partial charge in [0.25, 0.3) is 0 Å². The number of carbonyl (C=O) groups is 3. The minimum absolute atomic E-state index is 0.00683. The summed E-state index contributed by atoms with van der Waals surface area (Å²) in [5, 5.41) is 0. The number of ether oxygens (including phenoxy) is 4. The van der Waals surface area contributed by atoms with Crippen LogP contribution in [0.4, 0.5) is 0 Å². The third-order valence-corrected chi connectivity index (χ3v) is 6.20. The fourth-order valence-electron chi connectivity index (χ4n) is 4.19. The molecule has 202 valence electrons. The van der Waals surface area contributed by atoms with Crippen LogP contribution >= 0.6 is 0 Å². The number of para-hydroxylation sites is 1. The monoisotopic (exact) mass is 513 g/mol. The van der Waals surface area contributed by atoms with Crippen molar-refractivity contribution in [1.82, 2.24) is 4.98 Å². The predicted molar refractivity (Wildman–Crippen MR) is 140 cm³/mol. The molecule has 0 bridgehead atoms. The van der Waals surface area contributed by atoms with E-state index in [-0.39, 0.29) is 35.6 Å². The summed E-state index contributed by atoms with van der Waals surface area (Å²) in [5.74, 6) is -1.34. The molecule has 4 atom stereocenters. The highest BCUT2D eigenvalue weighted by atomic mass is 16.6. The summed E-state index contributed by atoms with van der Waals surface area (Å²) in [4.78, 5) is 41.6. The number of benzene rings is 1. The highest BCUT2D eigenvalue weighted by Crippen LogP contribution is 2.32. The van der Waals surface area contributed by atoms with Crippen LogP contribution in [0.1, 0.15) is 77.2 Å². The molecule has 0 radical (unpaired) electrons. The molecule has 0 saturated heterocycles. The molecular formula is C29H39NO7. The molecule has 2 aromatic rings. The van der Waals surface area contributed by atoms with Gasteiger partial charge < -0.3 is 18.9 Å². The first-order valence-electron chi connectivity index (χ1n) is 12.9. The first kappa shape index (κ1) is 29.8. The summed E-state index contributed by atoms with van der Waals surface area (Å²) in [6.07, 6.45) is 4.32. The van der Waals surface area contributed by atoms with Crippen LogP contribution in [-0.2, 0) is 14.3 Å². The highest BCUT2D eigenvalue weighted by Gasteiger charge is 2.32. The third-order valence-electron chi connectivity index (χ3n) is 6.20. The van der Waals surface area contributed by atoms with Gasteiger partial charge in [0.2, 0.25) is 5.75 Å². The van der Waals surface area contributed by atoms with Crippen molar-refractivity contribution in [1.29, 1.82) is 0 Å². The maximum Gasteiger partial charge on any atom is 0.309 e. The fraction of sp³-hybridized carbons (Fsp3) is 0.517. The Kier molecular flexibility index (Phi) is 12.1. The van der Waals surface area contributed by atoms with Crippen LogP contribution in [0.3, 0.4) is 0 Å². The van der Waals surface area contributed by atoms with E-state index in [2.05, 4.69) is 18.8 Å². The van der Waals surface area contributed by atoms with E-state index in [4.69, 9.17) is 18.9 Å². The molecule has 0 aliphatic rings. The van der Waals surface area contributed by atoms with E-state index in [1.54, 1.807) is 6.92 Å². The van der Waals surface area contributed by atoms with E-state index in [0.29, 0.717) is 0 Å². The molecule has 8 nitrogen and oxygen atoms in total. The second kappa shape index (κ2) is 15.0. The largest absolute Gasteiger partial charge is 0.493 e. The summed E-state index contributed by atoms with van der Waals surface area (Å²) in [7, 11) is 1.40. The summed E-state index contributed by atoms with van der Waals surface area (Å²) in [6.45, 7) is 8.92. The molecule has 37 heavy (non-hydrogen) atoms. The van der Waals surface area contributed by atoms with Gasteiger partial charge in [0.05, 0.1) is 13.0 Å². The molecule has 0 N–H and O–H groups in total. The van der Waals surface area contributed by atoms with Crippen LogP contribution in [0, 0.1) is 11.8 Å². The van der Waals surface area contributed by atoms with Gasteiger partial charge in [-0.05, 0) is 31.9 Å². The van der Waals surface area contributed by atoms with Crippen molar-refractivity contribution in [3.63, 3.8) is 0 Å². The average molecular weight is 514 g/mol. The van der Waals surface area contributed by atoms with Crippen molar-refractivity contribution in [2.45, 2.75) is 78.9 Å². The van der Waals surface area contributed by atoms with Gasteiger partial charge in [-0.3, -0.25) is 14.4 Å². The summed E-state index contributed by atoms with van der Waals surface area (Å²) >= 11 is 0. The van der Waals surface area contributed by atoms with E-state index >= 15 is 0 Å². The standard InChI is InChI=1S/C29H39NO7/c1-7-9-15-23(25(8-2)37-22-13-11-10-12-14-22)20(4)35-29(33)19(3)18-24(32)27-28(36-21(5)31)26(34-6)16-17-30-27/h10-14,16-17,19-20,23,25H,7-9,15,18H2,1-6H3/t19-,20+,23+,25-/m1/s1.